The number of rotatable bonds is 2. The molecule has 1 aliphatic heterocycles. The van der Waals surface area contributed by atoms with Crippen LogP contribution in [-0.2, 0) is 11.2 Å². The molecule has 1 amide bonds. The second-order valence-corrected chi connectivity index (χ2v) is 5.17. The minimum absolute atomic E-state index is 0.148. The van der Waals surface area contributed by atoms with Gasteiger partial charge in [-0.15, -0.1) is 0 Å². The molecule has 17 heavy (non-hydrogen) atoms. The first-order valence-electron chi connectivity index (χ1n) is 6.17. The Hall–Kier alpha value is -1.35. The molecule has 0 aliphatic carbocycles. The molecular weight excluding hydrogens is 212 g/mol. The van der Waals surface area contributed by atoms with Crippen LogP contribution in [0.3, 0.4) is 0 Å². The van der Waals surface area contributed by atoms with Crippen LogP contribution in [0.15, 0.2) is 24.3 Å². The first-order valence-corrected chi connectivity index (χ1v) is 6.17. The highest BCUT2D eigenvalue weighted by Gasteiger charge is 2.35. The number of piperazine rings is 1. The first kappa shape index (κ1) is 12.1. The summed E-state index contributed by atoms with van der Waals surface area (Å²) in [6.45, 7) is 7.57. The van der Waals surface area contributed by atoms with E-state index >= 15 is 0 Å². The molecule has 0 radical (unpaired) electrons. The lowest BCUT2D eigenvalue weighted by Crippen LogP contribution is -2.61. The highest BCUT2D eigenvalue weighted by Crippen LogP contribution is 2.26. The Kier molecular flexibility index (Phi) is 3.20. The fourth-order valence-corrected chi connectivity index (χ4v) is 2.38. The van der Waals surface area contributed by atoms with E-state index in [1.165, 1.54) is 5.56 Å². The summed E-state index contributed by atoms with van der Waals surface area (Å²) in [4.78, 5) is 14.0. The molecule has 1 aromatic carbocycles. The number of carbonyl (C=O) groups excluding carboxylic acids is 1. The average Bonchev–Trinajstić information content (AvgIpc) is 2.28. The Labute approximate surface area is 103 Å². The Balaban J connectivity index is 2.38. The van der Waals surface area contributed by atoms with E-state index in [2.05, 4.69) is 38.2 Å². The first-order chi connectivity index (χ1) is 8.04. The summed E-state index contributed by atoms with van der Waals surface area (Å²) < 4.78 is 0. The van der Waals surface area contributed by atoms with Crippen molar-refractivity contribution in [3.8, 4) is 0 Å². The van der Waals surface area contributed by atoms with Crippen molar-refractivity contribution in [2.24, 2.45) is 0 Å². The molecule has 1 aliphatic rings. The van der Waals surface area contributed by atoms with Crippen LogP contribution < -0.4 is 10.2 Å². The third-order valence-corrected chi connectivity index (χ3v) is 3.27. The molecule has 0 atom stereocenters. The van der Waals surface area contributed by atoms with Crippen LogP contribution >= 0.6 is 0 Å². The van der Waals surface area contributed by atoms with E-state index in [0.29, 0.717) is 6.54 Å². The smallest absolute Gasteiger partial charge is 0.241 e. The average molecular weight is 232 g/mol. The SMILES string of the molecule is CCc1cccc(N2C(=O)CNCC2(C)C)c1. The summed E-state index contributed by atoms with van der Waals surface area (Å²) in [7, 11) is 0. The second kappa shape index (κ2) is 4.49. The van der Waals surface area contributed by atoms with E-state index in [-0.39, 0.29) is 11.4 Å². The Bertz CT molecular complexity index is 426. The van der Waals surface area contributed by atoms with Gasteiger partial charge < -0.3 is 10.2 Å². The Morgan fingerprint density at radius 2 is 2.18 bits per heavy atom. The molecule has 1 heterocycles. The molecule has 1 saturated heterocycles. The third kappa shape index (κ3) is 2.34. The molecule has 0 bridgehead atoms. The van der Waals surface area contributed by atoms with Gasteiger partial charge in [0, 0.05) is 12.2 Å². The lowest BCUT2D eigenvalue weighted by atomic mass is 9.98. The number of hydrogen-bond donors (Lipinski definition) is 1. The zero-order valence-corrected chi connectivity index (χ0v) is 10.8. The molecule has 1 fully saturated rings. The van der Waals surface area contributed by atoms with E-state index < -0.39 is 0 Å². The van der Waals surface area contributed by atoms with Crippen molar-refractivity contribution < 1.29 is 4.79 Å². The quantitative estimate of drug-likeness (QED) is 0.845. The van der Waals surface area contributed by atoms with Crippen LogP contribution in [0.4, 0.5) is 5.69 Å². The van der Waals surface area contributed by atoms with Gasteiger partial charge in [0.1, 0.15) is 0 Å². The molecule has 0 saturated carbocycles. The number of nitrogens with zero attached hydrogens (tertiary/aromatic N) is 1. The standard InChI is InChI=1S/C14H20N2O/c1-4-11-6-5-7-12(8-11)16-13(17)9-15-10-14(16,2)3/h5-8,15H,4,9-10H2,1-3H3. The highest BCUT2D eigenvalue weighted by atomic mass is 16.2. The largest absolute Gasteiger partial charge is 0.306 e. The minimum Gasteiger partial charge on any atom is -0.306 e. The summed E-state index contributed by atoms with van der Waals surface area (Å²) >= 11 is 0. The minimum atomic E-state index is -0.165. The lowest BCUT2D eigenvalue weighted by molar-refractivity contribution is -0.120. The molecule has 3 heteroatoms. The van der Waals surface area contributed by atoms with E-state index in [1.807, 2.05) is 17.0 Å². The predicted octanol–water partition coefficient (Wildman–Crippen LogP) is 1.96. The Morgan fingerprint density at radius 3 is 2.82 bits per heavy atom. The van der Waals surface area contributed by atoms with Gasteiger partial charge in [0.2, 0.25) is 5.91 Å². The van der Waals surface area contributed by atoms with E-state index in [9.17, 15) is 4.79 Å². The van der Waals surface area contributed by atoms with E-state index in [1.54, 1.807) is 0 Å². The number of anilines is 1. The van der Waals surface area contributed by atoms with Crippen molar-refractivity contribution in [1.82, 2.24) is 5.32 Å². The maximum Gasteiger partial charge on any atom is 0.241 e. The van der Waals surface area contributed by atoms with Crippen molar-refractivity contribution in [2.75, 3.05) is 18.0 Å². The summed E-state index contributed by atoms with van der Waals surface area (Å²) in [5, 5.41) is 3.16. The van der Waals surface area contributed by atoms with Crippen LogP contribution in [-0.4, -0.2) is 24.5 Å². The molecule has 0 unspecified atom stereocenters. The van der Waals surface area contributed by atoms with Crippen LogP contribution in [0.25, 0.3) is 0 Å². The van der Waals surface area contributed by atoms with Crippen molar-refractivity contribution in [2.45, 2.75) is 32.7 Å². The number of aryl methyl sites for hydroxylation is 1. The van der Waals surface area contributed by atoms with Gasteiger partial charge in [0.05, 0.1) is 12.1 Å². The van der Waals surface area contributed by atoms with Crippen LogP contribution in [0.5, 0.6) is 0 Å². The van der Waals surface area contributed by atoms with Gasteiger partial charge >= 0.3 is 0 Å². The fraction of sp³-hybridized carbons (Fsp3) is 0.500. The maximum absolute atomic E-state index is 12.1. The zero-order chi connectivity index (χ0) is 12.5. The van der Waals surface area contributed by atoms with Gasteiger partial charge in [0.15, 0.2) is 0 Å². The van der Waals surface area contributed by atoms with Gasteiger partial charge in [-0.2, -0.15) is 0 Å². The maximum atomic E-state index is 12.1. The predicted molar refractivity (Wildman–Crippen MR) is 70.3 cm³/mol. The number of amides is 1. The van der Waals surface area contributed by atoms with Crippen molar-refractivity contribution in [3.05, 3.63) is 29.8 Å². The monoisotopic (exact) mass is 232 g/mol. The number of carbonyl (C=O) groups is 1. The van der Waals surface area contributed by atoms with Crippen molar-refractivity contribution >= 4 is 11.6 Å². The molecular formula is C14H20N2O. The summed E-state index contributed by atoms with van der Waals surface area (Å²) in [5.41, 5.74) is 2.12. The second-order valence-electron chi connectivity index (χ2n) is 5.17. The Morgan fingerprint density at radius 1 is 1.41 bits per heavy atom. The van der Waals surface area contributed by atoms with Gasteiger partial charge in [-0.25, -0.2) is 0 Å². The van der Waals surface area contributed by atoms with Gasteiger partial charge in [0.25, 0.3) is 0 Å². The molecule has 1 aromatic rings. The fourth-order valence-electron chi connectivity index (χ4n) is 2.38. The molecule has 0 aromatic heterocycles. The third-order valence-electron chi connectivity index (χ3n) is 3.27. The number of hydrogen-bond acceptors (Lipinski definition) is 2. The highest BCUT2D eigenvalue weighted by molar-refractivity contribution is 5.97. The summed E-state index contributed by atoms with van der Waals surface area (Å²) in [6.07, 6.45) is 0.995. The normalized spacial score (nSPS) is 19.5. The van der Waals surface area contributed by atoms with E-state index in [4.69, 9.17) is 0 Å². The summed E-state index contributed by atoms with van der Waals surface area (Å²) in [5.74, 6) is 0.148. The van der Waals surface area contributed by atoms with Gasteiger partial charge in [-0.1, -0.05) is 19.1 Å². The molecule has 1 N–H and O–H groups in total. The van der Waals surface area contributed by atoms with E-state index in [0.717, 1.165) is 18.7 Å². The molecule has 92 valence electrons. The van der Waals surface area contributed by atoms with Crippen molar-refractivity contribution in [1.29, 1.82) is 0 Å². The van der Waals surface area contributed by atoms with Crippen LogP contribution in [0.1, 0.15) is 26.3 Å². The van der Waals surface area contributed by atoms with Gasteiger partial charge in [-0.3, -0.25) is 4.79 Å². The molecule has 0 spiro atoms. The van der Waals surface area contributed by atoms with Crippen LogP contribution in [0, 0.1) is 0 Å². The number of nitrogens with one attached hydrogen (secondary N) is 1. The molecule has 2 rings (SSSR count). The number of benzene rings is 1. The van der Waals surface area contributed by atoms with Crippen molar-refractivity contribution in [3.63, 3.8) is 0 Å². The molecule has 3 nitrogen and oxygen atoms in total. The summed E-state index contributed by atoms with van der Waals surface area (Å²) in [6, 6.07) is 8.26. The lowest BCUT2D eigenvalue weighted by Gasteiger charge is -2.42. The zero-order valence-electron chi connectivity index (χ0n) is 10.8. The van der Waals surface area contributed by atoms with Gasteiger partial charge in [-0.05, 0) is 38.0 Å². The van der Waals surface area contributed by atoms with Crippen LogP contribution in [0.2, 0.25) is 0 Å². The topological polar surface area (TPSA) is 32.3 Å².